The van der Waals surface area contributed by atoms with Crippen molar-refractivity contribution in [3.05, 3.63) is 0 Å². The maximum atomic E-state index is 12.7. The van der Waals surface area contributed by atoms with Gasteiger partial charge in [0.15, 0.2) is 6.10 Å². The van der Waals surface area contributed by atoms with E-state index in [9.17, 15) is 14.4 Å². The van der Waals surface area contributed by atoms with Gasteiger partial charge in [-0.15, -0.1) is 0 Å². The van der Waals surface area contributed by atoms with Crippen molar-refractivity contribution in [1.82, 2.24) is 0 Å². The normalized spacial score (nSPS) is 12.6. The van der Waals surface area contributed by atoms with Crippen LogP contribution in [-0.2, 0) is 28.6 Å². The Morgan fingerprint density at radius 1 is 0.351 bits per heavy atom. The van der Waals surface area contributed by atoms with E-state index in [2.05, 4.69) is 41.5 Å². The van der Waals surface area contributed by atoms with E-state index in [0.29, 0.717) is 19.3 Å². The van der Waals surface area contributed by atoms with Gasteiger partial charge >= 0.3 is 17.9 Å². The smallest absolute Gasteiger partial charge is 0.306 e. The zero-order valence-corrected chi connectivity index (χ0v) is 39.1. The van der Waals surface area contributed by atoms with E-state index < -0.39 is 6.10 Å². The SMILES string of the molecule is CCC(C)CCCCCCCCC(=O)O[C@H](COC(=O)CCCCCCCCCCCCCCCC(C)C)COC(=O)CCCCCCCCCCCCC(C)C. The highest BCUT2D eigenvalue weighted by atomic mass is 16.6. The van der Waals surface area contributed by atoms with Crippen LogP contribution in [0.2, 0.25) is 0 Å². The molecule has 0 radical (unpaired) electrons. The third kappa shape index (κ3) is 43.8. The van der Waals surface area contributed by atoms with Gasteiger partial charge in [-0.2, -0.15) is 0 Å². The van der Waals surface area contributed by atoms with E-state index in [1.54, 1.807) is 0 Å². The molecule has 0 rings (SSSR count). The minimum absolute atomic E-state index is 0.0658. The number of carbonyl (C=O) groups excluding carboxylic acids is 3. The van der Waals surface area contributed by atoms with Gasteiger partial charge in [0.05, 0.1) is 0 Å². The van der Waals surface area contributed by atoms with Gasteiger partial charge in [0.2, 0.25) is 0 Å². The Morgan fingerprint density at radius 3 is 0.912 bits per heavy atom. The van der Waals surface area contributed by atoms with Crippen molar-refractivity contribution in [2.75, 3.05) is 13.2 Å². The van der Waals surface area contributed by atoms with E-state index in [1.807, 2.05) is 0 Å². The Balaban J connectivity index is 4.29. The summed E-state index contributed by atoms with van der Waals surface area (Å²) in [7, 11) is 0. The summed E-state index contributed by atoms with van der Waals surface area (Å²) in [4.78, 5) is 37.9. The van der Waals surface area contributed by atoms with Gasteiger partial charge in [0.25, 0.3) is 0 Å². The molecule has 0 fully saturated rings. The lowest BCUT2D eigenvalue weighted by Gasteiger charge is -2.18. The van der Waals surface area contributed by atoms with Crippen molar-refractivity contribution in [3.63, 3.8) is 0 Å². The molecule has 0 bridgehead atoms. The Labute approximate surface area is 355 Å². The van der Waals surface area contributed by atoms with Crippen molar-refractivity contribution in [3.8, 4) is 0 Å². The fraction of sp³-hybridized carbons (Fsp3) is 0.941. The molecule has 0 aromatic carbocycles. The van der Waals surface area contributed by atoms with Crippen LogP contribution in [0.5, 0.6) is 0 Å². The average molecular weight is 807 g/mol. The molecule has 0 aromatic rings. The van der Waals surface area contributed by atoms with E-state index in [-0.39, 0.29) is 31.1 Å². The first kappa shape index (κ1) is 55.4. The van der Waals surface area contributed by atoms with E-state index >= 15 is 0 Å². The van der Waals surface area contributed by atoms with Gasteiger partial charge in [-0.3, -0.25) is 14.4 Å². The predicted octanol–water partition coefficient (Wildman–Crippen LogP) is 16.0. The van der Waals surface area contributed by atoms with Crippen LogP contribution in [0.25, 0.3) is 0 Å². The fourth-order valence-corrected chi connectivity index (χ4v) is 7.55. The number of hydrogen-bond acceptors (Lipinski definition) is 6. The molecule has 57 heavy (non-hydrogen) atoms. The molecule has 0 aliphatic heterocycles. The van der Waals surface area contributed by atoms with Gasteiger partial charge in [-0.05, 0) is 37.0 Å². The molecule has 1 unspecified atom stereocenters. The van der Waals surface area contributed by atoms with Gasteiger partial charge in [0.1, 0.15) is 13.2 Å². The highest BCUT2D eigenvalue weighted by molar-refractivity contribution is 5.71. The minimum Gasteiger partial charge on any atom is -0.462 e. The zero-order chi connectivity index (χ0) is 42.0. The monoisotopic (exact) mass is 807 g/mol. The Morgan fingerprint density at radius 2 is 0.614 bits per heavy atom. The van der Waals surface area contributed by atoms with E-state index in [1.165, 1.54) is 154 Å². The van der Waals surface area contributed by atoms with Gasteiger partial charge in [0, 0.05) is 19.3 Å². The van der Waals surface area contributed by atoms with Crippen LogP contribution in [0.4, 0.5) is 0 Å². The van der Waals surface area contributed by atoms with Gasteiger partial charge < -0.3 is 14.2 Å². The standard InChI is InChI=1S/C51H98O6/c1-7-47(6)39-33-27-23-24-30-36-42-51(54)57-48(44-56-50(53)41-35-29-22-18-14-13-16-20-26-32-38-46(4)5)43-55-49(52)40-34-28-21-17-12-10-8-9-11-15-19-25-31-37-45(2)3/h45-48H,7-44H2,1-6H3/t47?,48-/m1/s1. The molecule has 0 aromatic heterocycles. The average Bonchev–Trinajstić information content (AvgIpc) is 3.18. The van der Waals surface area contributed by atoms with Gasteiger partial charge in [-0.25, -0.2) is 0 Å². The molecule has 0 saturated carbocycles. The third-order valence-electron chi connectivity index (χ3n) is 11.8. The van der Waals surface area contributed by atoms with Gasteiger partial charge in [-0.1, -0.05) is 234 Å². The summed E-state index contributed by atoms with van der Waals surface area (Å²) in [6.45, 7) is 13.7. The van der Waals surface area contributed by atoms with Crippen LogP contribution in [0.15, 0.2) is 0 Å². The number of esters is 3. The number of ether oxygens (including phenoxy) is 3. The molecule has 0 amide bonds. The second-order valence-corrected chi connectivity index (χ2v) is 18.6. The second kappa shape index (κ2) is 42.5. The number of hydrogen-bond donors (Lipinski definition) is 0. The lowest BCUT2D eigenvalue weighted by molar-refractivity contribution is -0.167. The fourth-order valence-electron chi connectivity index (χ4n) is 7.55. The molecule has 2 atom stereocenters. The number of unbranched alkanes of at least 4 members (excludes halogenated alkanes) is 26. The first-order valence-electron chi connectivity index (χ1n) is 25.1. The first-order valence-corrected chi connectivity index (χ1v) is 25.1. The van der Waals surface area contributed by atoms with Crippen molar-refractivity contribution in [2.24, 2.45) is 17.8 Å². The van der Waals surface area contributed by atoms with Crippen molar-refractivity contribution < 1.29 is 28.6 Å². The summed E-state index contributed by atoms with van der Waals surface area (Å²) in [5.74, 6) is 1.61. The third-order valence-corrected chi connectivity index (χ3v) is 11.8. The summed E-state index contributed by atoms with van der Waals surface area (Å²) in [6.07, 6.45) is 40.9. The summed E-state index contributed by atoms with van der Waals surface area (Å²) in [5.41, 5.74) is 0. The van der Waals surface area contributed by atoms with Crippen molar-refractivity contribution >= 4 is 17.9 Å². The zero-order valence-electron chi connectivity index (χ0n) is 39.1. The summed E-state index contributed by atoms with van der Waals surface area (Å²) < 4.78 is 16.8. The Bertz CT molecular complexity index is 885. The number of rotatable bonds is 44. The maximum absolute atomic E-state index is 12.7. The van der Waals surface area contributed by atoms with Crippen LogP contribution in [0.1, 0.15) is 273 Å². The quantitative estimate of drug-likeness (QED) is 0.0347. The van der Waals surface area contributed by atoms with Crippen LogP contribution >= 0.6 is 0 Å². The maximum Gasteiger partial charge on any atom is 0.306 e. The molecule has 0 heterocycles. The molecule has 6 heteroatoms. The van der Waals surface area contributed by atoms with E-state index in [4.69, 9.17) is 14.2 Å². The molecule has 0 saturated heterocycles. The largest absolute Gasteiger partial charge is 0.462 e. The van der Waals surface area contributed by atoms with Crippen LogP contribution in [-0.4, -0.2) is 37.2 Å². The lowest BCUT2D eigenvalue weighted by Crippen LogP contribution is -2.30. The molecule has 0 spiro atoms. The van der Waals surface area contributed by atoms with E-state index in [0.717, 1.165) is 75.5 Å². The molecule has 6 nitrogen and oxygen atoms in total. The molecule has 0 N–H and O–H groups in total. The summed E-state index contributed by atoms with van der Waals surface area (Å²) in [6, 6.07) is 0. The first-order chi connectivity index (χ1) is 27.6. The van der Waals surface area contributed by atoms with Crippen molar-refractivity contribution in [1.29, 1.82) is 0 Å². The minimum atomic E-state index is -0.763. The molecular formula is C51H98O6. The molecule has 338 valence electrons. The molecule has 0 aliphatic rings. The highest BCUT2D eigenvalue weighted by Crippen LogP contribution is 2.18. The summed E-state index contributed by atoms with van der Waals surface area (Å²) in [5, 5.41) is 0. The second-order valence-electron chi connectivity index (χ2n) is 18.6. The Kier molecular flexibility index (Phi) is 41.3. The Hall–Kier alpha value is -1.59. The lowest BCUT2D eigenvalue weighted by atomic mass is 10.00. The molecule has 0 aliphatic carbocycles. The highest BCUT2D eigenvalue weighted by Gasteiger charge is 2.19. The number of carbonyl (C=O) groups is 3. The topological polar surface area (TPSA) is 78.9 Å². The molecular weight excluding hydrogens is 709 g/mol. The van der Waals surface area contributed by atoms with Crippen LogP contribution < -0.4 is 0 Å². The van der Waals surface area contributed by atoms with Crippen LogP contribution in [0, 0.1) is 17.8 Å². The van der Waals surface area contributed by atoms with Crippen LogP contribution in [0.3, 0.4) is 0 Å². The summed E-state index contributed by atoms with van der Waals surface area (Å²) >= 11 is 0. The predicted molar refractivity (Wildman–Crippen MR) is 243 cm³/mol. The van der Waals surface area contributed by atoms with Crippen molar-refractivity contribution in [2.45, 2.75) is 279 Å².